The molecule has 0 fully saturated rings. The van der Waals surface area contributed by atoms with Crippen LogP contribution in [0.1, 0.15) is 5.56 Å². The lowest BCUT2D eigenvalue weighted by atomic mass is 10.2. The van der Waals surface area contributed by atoms with Crippen LogP contribution in [0.3, 0.4) is 0 Å². The fourth-order valence-electron chi connectivity index (χ4n) is 1.53. The van der Waals surface area contributed by atoms with Gasteiger partial charge in [-0.3, -0.25) is 4.79 Å². The smallest absolute Gasteiger partial charge is 0.248 e. The van der Waals surface area contributed by atoms with E-state index in [4.69, 9.17) is 0 Å². The molecule has 1 amide bonds. The van der Waals surface area contributed by atoms with Crippen LogP contribution in [-0.4, -0.2) is 5.91 Å². The van der Waals surface area contributed by atoms with Gasteiger partial charge in [-0.05, 0) is 24.3 Å². The van der Waals surface area contributed by atoms with E-state index in [1.54, 1.807) is 6.07 Å². The third-order valence-corrected chi connectivity index (χ3v) is 2.51. The van der Waals surface area contributed by atoms with Crippen molar-refractivity contribution in [3.8, 4) is 0 Å². The van der Waals surface area contributed by atoms with E-state index in [9.17, 15) is 18.0 Å². The monoisotopic (exact) mass is 277 g/mol. The average molecular weight is 277 g/mol. The zero-order valence-corrected chi connectivity index (χ0v) is 10.2. The Morgan fingerprint density at radius 1 is 0.950 bits per heavy atom. The van der Waals surface area contributed by atoms with Crippen LogP contribution in [-0.2, 0) is 4.79 Å². The van der Waals surface area contributed by atoms with Gasteiger partial charge in [0, 0.05) is 23.4 Å². The van der Waals surface area contributed by atoms with E-state index in [0.717, 1.165) is 18.2 Å². The van der Waals surface area contributed by atoms with Crippen molar-refractivity contribution in [3.63, 3.8) is 0 Å². The van der Waals surface area contributed by atoms with E-state index in [0.29, 0.717) is 0 Å². The molecule has 0 aliphatic rings. The number of anilines is 1. The van der Waals surface area contributed by atoms with Crippen molar-refractivity contribution in [2.24, 2.45) is 0 Å². The Morgan fingerprint density at radius 2 is 1.70 bits per heavy atom. The molecule has 2 aromatic carbocycles. The molecule has 0 radical (unpaired) electrons. The topological polar surface area (TPSA) is 29.1 Å². The van der Waals surface area contributed by atoms with E-state index >= 15 is 0 Å². The highest BCUT2D eigenvalue weighted by Crippen LogP contribution is 2.13. The SMILES string of the molecule is O=C(/C=C/c1ccccc1F)Nc1ccc(F)c(F)c1. The molecule has 20 heavy (non-hydrogen) atoms. The maximum Gasteiger partial charge on any atom is 0.248 e. The van der Waals surface area contributed by atoms with Crippen LogP contribution in [0.4, 0.5) is 18.9 Å². The van der Waals surface area contributed by atoms with Gasteiger partial charge in [-0.25, -0.2) is 13.2 Å². The summed E-state index contributed by atoms with van der Waals surface area (Å²) in [6, 6.07) is 8.95. The van der Waals surface area contributed by atoms with Gasteiger partial charge in [0.25, 0.3) is 0 Å². The average Bonchev–Trinajstić information content (AvgIpc) is 2.42. The Morgan fingerprint density at radius 3 is 2.40 bits per heavy atom. The summed E-state index contributed by atoms with van der Waals surface area (Å²) in [7, 11) is 0. The standard InChI is InChI=1S/C15H10F3NO/c16-12-4-2-1-3-10(12)5-8-15(20)19-11-6-7-13(17)14(18)9-11/h1-9H,(H,19,20)/b8-5+. The minimum Gasteiger partial charge on any atom is -0.322 e. The van der Waals surface area contributed by atoms with Crippen LogP contribution in [0.5, 0.6) is 0 Å². The fraction of sp³-hybridized carbons (Fsp3) is 0. The van der Waals surface area contributed by atoms with Crippen LogP contribution in [0.2, 0.25) is 0 Å². The summed E-state index contributed by atoms with van der Waals surface area (Å²) in [6.45, 7) is 0. The highest BCUT2D eigenvalue weighted by Gasteiger charge is 2.04. The predicted molar refractivity (Wildman–Crippen MR) is 70.4 cm³/mol. The number of rotatable bonds is 3. The van der Waals surface area contributed by atoms with Crippen molar-refractivity contribution < 1.29 is 18.0 Å². The maximum absolute atomic E-state index is 13.3. The quantitative estimate of drug-likeness (QED) is 0.850. The summed E-state index contributed by atoms with van der Waals surface area (Å²) in [5, 5.41) is 2.34. The first-order valence-corrected chi connectivity index (χ1v) is 5.75. The Labute approximate surface area is 113 Å². The van der Waals surface area contributed by atoms with Gasteiger partial charge in [0.1, 0.15) is 5.82 Å². The van der Waals surface area contributed by atoms with E-state index in [1.807, 2.05) is 0 Å². The Bertz CT molecular complexity index is 668. The number of halogens is 3. The van der Waals surface area contributed by atoms with Crippen molar-refractivity contribution in [2.75, 3.05) is 5.32 Å². The van der Waals surface area contributed by atoms with Gasteiger partial charge >= 0.3 is 0 Å². The Kier molecular flexibility index (Phi) is 4.20. The first kappa shape index (κ1) is 13.9. The summed E-state index contributed by atoms with van der Waals surface area (Å²) in [6.07, 6.45) is 2.41. The summed E-state index contributed by atoms with van der Waals surface area (Å²) < 4.78 is 38.9. The third-order valence-electron chi connectivity index (χ3n) is 2.51. The molecule has 0 saturated carbocycles. The Hall–Kier alpha value is -2.56. The summed E-state index contributed by atoms with van der Waals surface area (Å²) in [5.41, 5.74) is 0.375. The zero-order chi connectivity index (χ0) is 14.5. The molecule has 0 aliphatic carbocycles. The number of hydrogen-bond acceptors (Lipinski definition) is 1. The molecule has 5 heteroatoms. The van der Waals surface area contributed by atoms with Crippen LogP contribution in [0.25, 0.3) is 6.08 Å². The zero-order valence-electron chi connectivity index (χ0n) is 10.2. The number of carbonyl (C=O) groups excluding carboxylic acids is 1. The summed E-state index contributed by atoms with van der Waals surface area (Å²) in [4.78, 5) is 11.6. The number of nitrogens with one attached hydrogen (secondary N) is 1. The molecule has 2 nitrogen and oxygen atoms in total. The van der Waals surface area contributed by atoms with Crippen molar-refractivity contribution >= 4 is 17.7 Å². The van der Waals surface area contributed by atoms with Crippen molar-refractivity contribution in [1.29, 1.82) is 0 Å². The van der Waals surface area contributed by atoms with Gasteiger partial charge in [0.15, 0.2) is 11.6 Å². The molecule has 0 atom stereocenters. The number of amides is 1. The lowest BCUT2D eigenvalue weighted by Gasteiger charge is -2.02. The van der Waals surface area contributed by atoms with Crippen LogP contribution in [0.15, 0.2) is 48.5 Å². The molecular weight excluding hydrogens is 267 g/mol. The van der Waals surface area contributed by atoms with Crippen molar-refractivity contribution in [3.05, 3.63) is 71.6 Å². The minimum absolute atomic E-state index is 0.118. The lowest BCUT2D eigenvalue weighted by Crippen LogP contribution is -2.08. The van der Waals surface area contributed by atoms with E-state index in [1.165, 1.54) is 30.3 Å². The van der Waals surface area contributed by atoms with Gasteiger partial charge in [-0.1, -0.05) is 18.2 Å². The number of hydrogen-bond donors (Lipinski definition) is 1. The van der Waals surface area contributed by atoms with Gasteiger partial charge in [-0.2, -0.15) is 0 Å². The molecule has 2 aromatic rings. The van der Waals surface area contributed by atoms with Crippen molar-refractivity contribution in [1.82, 2.24) is 0 Å². The molecule has 0 heterocycles. The van der Waals surface area contributed by atoms with Crippen LogP contribution in [0, 0.1) is 17.5 Å². The molecule has 0 unspecified atom stereocenters. The third kappa shape index (κ3) is 3.47. The maximum atomic E-state index is 13.3. The molecule has 102 valence electrons. The molecule has 0 aliphatic heterocycles. The number of benzene rings is 2. The predicted octanol–water partition coefficient (Wildman–Crippen LogP) is 3.76. The summed E-state index contributed by atoms with van der Waals surface area (Å²) >= 11 is 0. The van der Waals surface area contributed by atoms with E-state index < -0.39 is 23.4 Å². The van der Waals surface area contributed by atoms with Crippen LogP contribution < -0.4 is 5.32 Å². The molecule has 0 spiro atoms. The molecule has 0 saturated heterocycles. The van der Waals surface area contributed by atoms with Gasteiger partial charge in [0.2, 0.25) is 5.91 Å². The van der Waals surface area contributed by atoms with Gasteiger partial charge in [0.05, 0.1) is 0 Å². The van der Waals surface area contributed by atoms with E-state index in [2.05, 4.69) is 5.32 Å². The molecule has 0 aromatic heterocycles. The highest BCUT2D eigenvalue weighted by atomic mass is 19.2. The first-order valence-electron chi connectivity index (χ1n) is 5.75. The molecular formula is C15H10F3NO. The molecule has 1 N–H and O–H groups in total. The number of carbonyl (C=O) groups is 1. The van der Waals surface area contributed by atoms with E-state index in [-0.39, 0.29) is 11.3 Å². The lowest BCUT2D eigenvalue weighted by molar-refractivity contribution is -0.111. The highest BCUT2D eigenvalue weighted by molar-refractivity contribution is 6.01. The molecule has 0 bridgehead atoms. The minimum atomic E-state index is -1.05. The first-order chi connectivity index (χ1) is 9.56. The summed E-state index contributed by atoms with van der Waals surface area (Å²) in [5.74, 6) is -3.07. The second kappa shape index (κ2) is 6.06. The second-order valence-corrected chi connectivity index (χ2v) is 3.97. The van der Waals surface area contributed by atoms with Gasteiger partial charge < -0.3 is 5.32 Å². The Balaban J connectivity index is 2.06. The molecule has 2 rings (SSSR count). The largest absolute Gasteiger partial charge is 0.322 e. The van der Waals surface area contributed by atoms with Crippen molar-refractivity contribution in [2.45, 2.75) is 0 Å². The van der Waals surface area contributed by atoms with Crippen LogP contribution >= 0.6 is 0 Å². The second-order valence-electron chi connectivity index (χ2n) is 3.97. The van der Waals surface area contributed by atoms with Gasteiger partial charge in [-0.15, -0.1) is 0 Å². The fourth-order valence-corrected chi connectivity index (χ4v) is 1.53. The normalized spacial score (nSPS) is 10.8.